The van der Waals surface area contributed by atoms with Gasteiger partial charge in [-0.25, -0.2) is 0 Å². The number of H-pyrrole nitrogens is 1. The molecule has 0 amide bonds. The van der Waals surface area contributed by atoms with E-state index >= 15 is 0 Å². The van der Waals surface area contributed by atoms with Crippen molar-refractivity contribution in [3.8, 4) is 0 Å². The molecule has 0 unspecified atom stereocenters. The minimum absolute atomic E-state index is 0.321. The highest BCUT2D eigenvalue weighted by atomic mass is 32.2. The van der Waals surface area contributed by atoms with Gasteiger partial charge >= 0.3 is 10.2 Å². The zero-order chi connectivity index (χ0) is 14.2. The Hall–Kier alpha value is -1.86. The van der Waals surface area contributed by atoms with Gasteiger partial charge in [-0.05, 0) is 24.5 Å². The summed E-state index contributed by atoms with van der Waals surface area (Å²) in [4.78, 5) is 0. The van der Waals surface area contributed by atoms with E-state index < -0.39 is 10.2 Å². The van der Waals surface area contributed by atoms with Crippen LogP contribution >= 0.6 is 0 Å². The second kappa shape index (κ2) is 4.92. The van der Waals surface area contributed by atoms with Crippen molar-refractivity contribution in [3.63, 3.8) is 0 Å². The quantitative estimate of drug-likeness (QED) is 0.898. The molecule has 2 N–H and O–H groups in total. The number of benzene rings is 1. The molecule has 0 saturated heterocycles. The summed E-state index contributed by atoms with van der Waals surface area (Å²) in [6.45, 7) is 2.70. The van der Waals surface area contributed by atoms with Gasteiger partial charge in [-0.15, -0.1) is 0 Å². The van der Waals surface area contributed by atoms with Crippen LogP contribution in [0, 0.1) is 6.92 Å². The first kappa shape index (κ1) is 13.1. The maximum Gasteiger partial charge on any atom is 0.303 e. The molecule has 0 atom stereocenters. The molecule has 106 valence electrons. The Morgan fingerprint density at radius 1 is 1.30 bits per heavy atom. The van der Waals surface area contributed by atoms with E-state index in [1.165, 1.54) is 9.87 Å². The molecule has 3 rings (SSSR count). The third kappa shape index (κ3) is 2.54. The first-order chi connectivity index (χ1) is 9.54. The van der Waals surface area contributed by atoms with Crippen LogP contribution in [0.15, 0.2) is 30.3 Å². The summed E-state index contributed by atoms with van der Waals surface area (Å²) in [5, 5.41) is 6.61. The number of nitrogens with one attached hydrogen (secondary N) is 2. The van der Waals surface area contributed by atoms with Crippen LogP contribution in [0.1, 0.15) is 16.8 Å². The van der Waals surface area contributed by atoms with Crippen molar-refractivity contribution in [3.05, 3.63) is 47.2 Å². The molecule has 2 aromatic rings. The highest BCUT2D eigenvalue weighted by Crippen LogP contribution is 2.21. The van der Waals surface area contributed by atoms with Crippen molar-refractivity contribution in [2.45, 2.75) is 19.9 Å². The Labute approximate surface area is 118 Å². The van der Waals surface area contributed by atoms with Gasteiger partial charge in [-0.3, -0.25) is 9.82 Å². The summed E-state index contributed by atoms with van der Waals surface area (Å²) in [6, 6.07) is 9.59. The average molecular weight is 292 g/mol. The van der Waals surface area contributed by atoms with Crippen LogP contribution in [0.3, 0.4) is 0 Å². The van der Waals surface area contributed by atoms with Gasteiger partial charge in [0, 0.05) is 24.8 Å². The molecule has 0 bridgehead atoms. The molecule has 1 aliphatic heterocycles. The number of rotatable bonds is 3. The van der Waals surface area contributed by atoms with E-state index in [2.05, 4.69) is 14.9 Å². The van der Waals surface area contributed by atoms with Gasteiger partial charge in [0.2, 0.25) is 0 Å². The minimum Gasteiger partial charge on any atom is -0.281 e. The lowest BCUT2D eigenvalue weighted by Gasteiger charge is -2.27. The molecule has 7 heteroatoms. The third-order valence-electron chi connectivity index (χ3n) is 3.38. The molecule has 0 spiro atoms. The number of hydrogen-bond acceptors (Lipinski definition) is 3. The number of aromatic nitrogens is 2. The van der Waals surface area contributed by atoms with E-state index in [-0.39, 0.29) is 0 Å². The fourth-order valence-corrected chi connectivity index (χ4v) is 3.48. The Kier molecular flexibility index (Phi) is 3.23. The summed E-state index contributed by atoms with van der Waals surface area (Å²) in [5.41, 5.74) is 3.09. The molecule has 2 heterocycles. The summed E-state index contributed by atoms with van der Waals surface area (Å²) < 4.78 is 28.6. The van der Waals surface area contributed by atoms with Crippen molar-refractivity contribution in [2.75, 3.05) is 11.3 Å². The first-order valence-corrected chi connectivity index (χ1v) is 7.85. The predicted molar refractivity (Wildman–Crippen MR) is 76.4 cm³/mol. The van der Waals surface area contributed by atoms with Gasteiger partial charge in [0.05, 0.1) is 0 Å². The first-order valence-electron chi connectivity index (χ1n) is 6.41. The minimum atomic E-state index is -3.56. The smallest absolute Gasteiger partial charge is 0.281 e. The maximum absolute atomic E-state index is 12.3. The lowest BCUT2D eigenvalue weighted by atomic mass is 10.0. The van der Waals surface area contributed by atoms with Crippen LogP contribution in [0.4, 0.5) is 5.82 Å². The van der Waals surface area contributed by atoms with Crippen molar-refractivity contribution in [1.29, 1.82) is 0 Å². The van der Waals surface area contributed by atoms with E-state index in [4.69, 9.17) is 0 Å². The number of anilines is 1. The molecule has 20 heavy (non-hydrogen) atoms. The molecular formula is C13H16N4O2S. The third-order valence-corrected chi connectivity index (χ3v) is 4.83. The highest BCUT2D eigenvalue weighted by molar-refractivity contribution is 7.90. The average Bonchev–Trinajstić information content (AvgIpc) is 2.83. The van der Waals surface area contributed by atoms with Gasteiger partial charge < -0.3 is 0 Å². The fourth-order valence-electron chi connectivity index (χ4n) is 2.34. The van der Waals surface area contributed by atoms with Crippen LogP contribution < -0.4 is 4.72 Å². The predicted octanol–water partition coefficient (Wildman–Crippen LogP) is 1.43. The molecule has 0 radical (unpaired) electrons. The Bertz CT molecular complexity index is 723. The number of fused-ring (bicyclic) bond motifs is 1. The van der Waals surface area contributed by atoms with E-state index in [1.807, 2.05) is 31.2 Å². The van der Waals surface area contributed by atoms with Crippen molar-refractivity contribution in [2.24, 2.45) is 0 Å². The number of aromatic amines is 1. The molecule has 6 nitrogen and oxygen atoms in total. The van der Waals surface area contributed by atoms with E-state index in [0.717, 1.165) is 17.7 Å². The van der Waals surface area contributed by atoms with E-state index in [9.17, 15) is 8.42 Å². The zero-order valence-corrected chi connectivity index (χ0v) is 11.9. The standard InChI is InChI=1S/C13H16N4O2S/c1-10-8-13(15-14-10)16-20(18,19)17-7-6-11-4-2-3-5-12(11)9-17/h2-5,8H,6-7,9H2,1H3,(H2,14,15,16). The molecule has 1 aliphatic rings. The van der Waals surface area contributed by atoms with Crippen molar-refractivity contribution < 1.29 is 8.42 Å². The van der Waals surface area contributed by atoms with Crippen molar-refractivity contribution in [1.82, 2.24) is 14.5 Å². The van der Waals surface area contributed by atoms with Gasteiger partial charge in [0.1, 0.15) is 0 Å². The molecule has 0 aliphatic carbocycles. The van der Waals surface area contributed by atoms with E-state index in [0.29, 0.717) is 18.9 Å². The lowest BCUT2D eigenvalue weighted by molar-refractivity contribution is 0.394. The highest BCUT2D eigenvalue weighted by Gasteiger charge is 2.26. The molecule has 0 saturated carbocycles. The molecule has 0 fully saturated rings. The topological polar surface area (TPSA) is 78.1 Å². The van der Waals surface area contributed by atoms with E-state index in [1.54, 1.807) is 6.07 Å². The van der Waals surface area contributed by atoms with Crippen LogP contribution in [0.25, 0.3) is 0 Å². The zero-order valence-electron chi connectivity index (χ0n) is 11.1. The van der Waals surface area contributed by atoms with Crippen LogP contribution in [-0.2, 0) is 23.2 Å². The van der Waals surface area contributed by atoms with Crippen LogP contribution in [0.2, 0.25) is 0 Å². The fraction of sp³-hybridized carbons (Fsp3) is 0.308. The van der Waals surface area contributed by atoms with Crippen LogP contribution in [0.5, 0.6) is 0 Å². The van der Waals surface area contributed by atoms with Gasteiger partial charge in [-0.2, -0.15) is 17.8 Å². The second-order valence-electron chi connectivity index (χ2n) is 4.90. The number of aryl methyl sites for hydroxylation is 1. The second-order valence-corrected chi connectivity index (χ2v) is 6.57. The lowest BCUT2D eigenvalue weighted by Crippen LogP contribution is -2.39. The molecule has 1 aromatic carbocycles. The normalized spacial score (nSPS) is 15.8. The van der Waals surface area contributed by atoms with Crippen molar-refractivity contribution >= 4 is 16.0 Å². The summed E-state index contributed by atoms with van der Waals surface area (Å²) >= 11 is 0. The molecule has 1 aromatic heterocycles. The van der Waals surface area contributed by atoms with Gasteiger partial charge in [-0.1, -0.05) is 24.3 Å². The maximum atomic E-state index is 12.3. The summed E-state index contributed by atoms with van der Waals surface area (Å²) in [6.07, 6.45) is 0.733. The van der Waals surface area contributed by atoms with Crippen LogP contribution in [-0.4, -0.2) is 29.5 Å². The largest absolute Gasteiger partial charge is 0.303 e. The number of hydrogen-bond donors (Lipinski definition) is 2. The SMILES string of the molecule is Cc1cc(NS(=O)(=O)N2CCc3ccccc3C2)n[nH]1. The van der Waals surface area contributed by atoms with Gasteiger partial charge in [0.25, 0.3) is 0 Å². The number of nitrogens with zero attached hydrogens (tertiary/aromatic N) is 2. The Balaban J connectivity index is 1.79. The van der Waals surface area contributed by atoms with Gasteiger partial charge in [0.15, 0.2) is 5.82 Å². The Morgan fingerprint density at radius 2 is 2.05 bits per heavy atom. The summed E-state index contributed by atoms with van der Waals surface area (Å²) in [7, 11) is -3.56. The Morgan fingerprint density at radius 3 is 2.75 bits per heavy atom. The molecular weight excluding hydrogens is 276 g/mol. The monoisotopic (exact) mass is 292 g/mol. The summed E-state index contributed by atoms with van der Waals surface area (Å²) in [5.74, 6) is 0.321.